The Labute approximate surface area is 129 Å². The average molecular weight is 314 g/mol. The van der Waals surface area contributed by atoms with E-state index < -0.39 is 27.1 Å². The van der Waals surface area contributed by atoms with E-state index in [0.717, 1.165) is 23.8 Å². The third-order valence-electron chi connectivity index (χ3n) is 2.77. The molecule has 9 nitrogen and oxygen atoms in total. The molecular formula is C14H10N4O5. The standard InChI is InChI=1S/C14H10N4O5/c19-14(16-15-9-10-4-2-1-3-5-10)11-6-12(17(20)21)8-13(7-11)18(22)23/h1-9H,(H,16,19). The largest absolute Gasteiger partial charge is 0.277 e. The van der Waals surface area contributed by atoms with E-state index in [-0.39, 0.29) is 5.56 Å². The summed E-state index contributed by atoms with van der Waals surface area (Å²) < 4.78 is 0. The maximum Gasteiger partial charge on any atom is 0.277 e. The minimum Gasteiger partial charge on any atom is -0.267 e. The Bertz CT molecular complexity index is 757. The van der Waals surface area contributed by atoms with Gasteiger partial charge in [0.25, 0.3) is 17.3 Å². The monoisotopic (exact) mass is 314 g/mol. The second-order valence-corrected chi connectivity index (χ2v) is 4.36. The van der Waals surface area contributed by atoms with Crippen molar-refractivity contribution < 1.29 is 14.6 Å². The number of nitrogens with zero attached hydrogens (tertiary/aromatic N) is 3. The Morgan fingerprint density at radius 2 is 1.57 bits per heavy atom. The van der Waals surface area contributed by atoms with E-state index in [4.69, 9.17) is 0 Å². The SMILES string of the molecule is O=C(NN=Cc1ccccc1)c1cc([N+](=O)[O-])cc([N+](=O)[O-])c1. The van der Waals surface area contributed by atoms with Gasteiger partial charge in [-0.25, -0.2) is 5.43 Å². The normalized spacial score (nSPS) is 10.4. The smallest absolute Gasteiger partial charge is 0.267 e. The predicted molar refractivity (Wildman–Crippen MR) is 81.3 cm³/mol. The van der Waals surface area contributed by atoms with Gasteiger partial charge in [0.2, 0.25) is 0 Å². The molecule has 0 saturated carbocycles. The molecule has 0 spiro atoms. The summed E-state index contributed by atoms with van der Waals surface area (Å²) in [7, 11) is 0. The fourth-order valence-corrected chi connectivity index (χ4v) is 1.71. The highest BCUT2D eigenvalue weighted by Gasteiger charge is 2.19. The van der Waals surface area contributed by atoms with Gasteiger partial charge < -0.3 is 0 Å². The molecule has 0 aliphatic rings. The number of nitro benzene ring substituents is 2. The minimum absolute atomic E-state index is 0.226. The first kappa shape index (κ1) is 15.8. The van der Waals surface area contributed by atoms with Crippen molar-refractivity contribution >= 4 is 23.5 Å². The Kier molecular flexibility index (Phi) is 4.72. The molecule has 2 aromatic rings. The van der Waals surface area contributed by atoms with Crippen molar-refractivity contribution in [2.75, 3.05) is 0 Å². The Balaban J connectivity index is 2.20. The minimum atomic E-state index is -0.809. The molecule has 9 heteroatoms. The molecule has 0 aliphatic carbocycles. The van der Waals surface area contributed by atoms with E-state index in [0.29, 0.717) is 0 Å². The maximum atomic E-state index is 11.9. The van der Waals surface area contributed by atoms with Crippen LogP contribution < -0.4 is 5.43 Å². The molecule has 2 rings (SSSR count). The van der Waals surface area contributed by atoms with Gasteiger partial charge in [-0.05, 0) is 5.56 Å². The van der Waals surface area contributed by atoms with Crippen LogP contribution in [-0.2, 0) is 0 Å². The summed E-state index contributed by atoms with van der Waals surface area (Å²) >= 11 is 0. The van der Waals surface area contributed by atoms with Crippen LogP contribution in [0.5, 0.6) is 0 Å². The van der Waals surface area contributed by atoms with Crippen molar-refractivity contribution in [3.05, 3.63) is 79.9 Å². The van der Waals surface area contributed by atoms with Gasteiger partial charge in [-0.15, -0.1) is 0 Å². The second kappa shape index (κ2) is 6.89. The molecule has 0 unspecified atom stereocenters. The molecule has 0 saturated heterocycles. The number of hydrogen-bond acceptors (Lipinski definition) is 6. The quantitative estimate of drug-likeness (QED) is 0.514. The molecular weight excluding hydrogens is 304 g/mol. The molecule has 0 aromatic heterocycles. The van der Waals surface area contributed by atoms with Crippen molar-refractivity contribution in [1.29, 1.82) is 0 Å². The lowest BCUT2D eigenvalue weighted by Crippen LogP contribution is -2.18. The van der Waals surface area contributed by atoms with Crippen molar-refractivity contribution in [2.45, 2.75) is 0 Å². The first-order valence-corrected chi connectivity index (χ1v) is 6.29. The van der Waals surface area contributed by atoms with Gasteiger partial charge in [-0.2, -0.15) is 5.10 Å². The van der Waals surface area contributed by atoms with Gasteiger partial charge in [0.05, 0.1) is 27.7 Å². The van der Waals surface area contributed by atoms with Crippen LogP contribution in [0.25, 0.3) is 0 Å². The van der Waals surface area contributed by atoms with Gasteiger partial charge in [0.1, 0.15) is 0 Å². The first-order valence-electron chi connectivity index (χ1n) is 6.29. The first-order chi connectivity index (χ1) is 11.0. The van der Waals surface area contributed by atoms with Crippen molar-refractivity contribution in [1.82, 2.24) is 5.43 Å². The number of hydrazone groups is 1. The summed E-state index contributed by atoms with van der Waals surface area (Å²) in [6.45, 7) is 0. The van der Waals surface area contributed by atoms with Crippen molar-refractivity contribution in [3.63, 3.8) is 0 Å². The second-order valence-electron chi connectivity index (χ2n) is 4.36. The molecule has 116 valence electrons. The summed E-state index contributed by atoms with van der Waals surface area (Å²) in [4.78, 5) is 31.8. The molecule has 0 bridgehead atoms. The van der Waals surface area contributed by atoms with Gasteiger partial charge in [0.15, 0.2) is 0 Å². The molecule has 0 aliphatic heterocycles. The third kappa shape index (κ3) is 4.17. The van der Waals surface area contributed by atoms with E-state index in [9.17, 15) is 25.0 Å². The predicted octanol–water partition coefficient (Wildman–Crippen LogP) is 2.27. The topological polar surface area (TPSA) is 128 Å². The lowest BCUT2D eigenvalue weighted by atomic mass is 10.1. The van der Waals surface area contributed by atoms with Crippen LogP contribution in [0.1, 0.15) is 15.9 Å². The van der Waals surface area contributed by atoms with Crippen LogP contribution >= 0.6 is 0 Å². The highest BCUT2D eigenvalue weighted by Crippen LogP contribution is 2.22. The molecule has 0 heterocycles. The van der Waals surface area contributed by atoms with Crippen LogP contribution in [0.3, 0.4) is 0 Å². The van der Waals surface area contributed by atoms with Crippen molar-refractivity contribution in [3.8, 4) is 0 Å². The summed E-state index contributed by atoms with van der Waals surface area (Å²) in [5, 5.41) is 25.2. The fourth-order valence-electron chi connectivity index (χ4n) is 1.71. The van der Waals surface area contributed by atoms with Crippen LogP contribution in [0.4, 0.5) is 11.4 Å². The Hall–Kier alpha value is -3.62. The number of nitrogens with one attached hydrogen (secondary N) is 1. The van der Waals surface area contributed by atoms with E-state index in [2.05, 4.69) is 10.5 Å². The molecule has 0 fully saturated rings. The van der Waals surface area contributed by atoms with Crippen LogP contribution in [0.2, 0.25) is 0 Å². The van der Waals surface area contributed by atoms with Crippen molar-refractivity contribution in [2.24, 2.45) is 5.10 Å². The zero-order valence-corrected chi connectivity index (χ0v) is 11.6. The number of rotatable bonds is 5. The lowest BCUT2D eigenvalue weighted by Gasteiger charge is -2.01. The fraction of sp³-hybridized carbons (Fsp3) is 0. The zero-order valence-electron chi connectivity index (χ0n) is 11.6. The van der Waals surface area contributed by atoms with Crippen LogP contribution in [0, 0.1) is 20.2 Å². The summed E-state index contributed by atoms with van der Waals surface area (Å²) in [6, 6.07) is 11.6. The molecule has 1 N–H and O–H groups in total. The van der Waals surface area contributed by atoms with Gasteiger partial charge in [0, 0.05) is 12.1 Å². The summed E-state index contributed by atoms with van der Waals surface area (Å²) in [5.41, 5.74) is 1.58. The molecule has 0 atom stereocenters. The van der Waals surface area contributed by atoms with Gasteiger partial charge in [-0.3, -0.25) is 25.0 Å². The van der Waals surface area contributed by atoms with E-state index in [1.54, 1.807) is 24.3 Å². The van der Waals surface area contributed by atoms with Crippen LogP contribution in [0.15, 0.2) is 53.6 Å². The maximum absolute atomic E-state index is 11.9. The summed E-state index contributed by atoms with van der Waals surface area (Å²) in [5.74, 6) is -0.788. The number of carbonyl (C=O) groups is 1. The number of amides is 1. The summed E-state index contributed by atoms with van der Waals surface area (Å²) in [6.07, 6.45) is 1.38. The molecule has 0 radical (unpaired) electrons. The zero-order chi connectivity index (χ0) is 16.8. The Morgan fingerprint density at radius 1 is 1.00 bits per heavy atom. The highest BCUT2D eigenvalue weighted by atomic mass is 16.6. The number of hydrogen-bond donors (Lipinski definition) is 1. The van der Waals surface area contributed by atoms with Gasteiger partial charge in [-0.1, -0.05) is 30.3 Å². The highest BCUT2D eigenvalue weighted by molar-refractivity contribution is 5.96. The number of benzene rings is 2. The molecule has 2 aromatic carbocycles. The molecule has 23 heavy (non-hydrogen) atoms. The van der Waals surface area contributed by atoms with E-state index in [1.165, 1.54) is 6.21 Å². The average Bonchev–Trinajstić information content (AvgIpc) is 2.55. The number of nitro groups is 2. The van der Waals surface area contributed by atoms with E-state index in [1.807, 2.05) is 6.07 Å². The molecule has 1 amide bonds. The Morgan fingerprint density at radius 3 is 2.09 bits per heavy atom. The van der Waals surface area contributed by atoms with E-state index >= 15 is 0 Å². The van der Waals surface area contributed by atoms with Gasteiger partial charge >= 0.3 is 0 Å². The third-order valence-corrected chi connectivity index (χ3v) is 2.77. The number of carbonyl (C=O) groups excluding carboxylic acids is 1. The van der Waals surface area contributed by atoms with Crippen LogP contribution in [-0.4, -0.2) is 22.0 Å². The number of non-ortho nitro benzene ring substituents is 2. The lowest BCUT2D eigenvalue weighted by molar-refractivity contribution is -0.394.